The quantitative estimate of drug-likeness (QED) is 0.470. The van der Waals surface area contributed by atoms with Crippen LogP contribution >= 0.6 is 27.7 Å². The standard InChI is InChI=1S/C23H25BrN2O2S/c1-16-11-26(12-17(2)28-16)23(27)14-25-13-22(20-5-3-4-6-21(20)25)29-15-18-7-9-19(24)10-8-18/h3-10,13,16-17H,11-12,14-15H2,1-2H3/t16-,17-/m1/s1. The molecule has 6 heteroatoms. The second-order valence-electron chi connectivity index (χ2n) is 7.61. The number of morpholine rings is 1. The van der Waals surface area contributed by atoms with Crippen molar-refractivity contribution in [2.45, 2.75) is 43.2 Å². The van der Waals surface area contributed by atoms with Gasteiger partial charge < -0.3 is 14.2 Å². The Hall–Kier alpha value is -1.76. The third-order valence-electron chi connectivity index (χ3n) is 5.14. The molecule has 4 nitrogen and oxygen atoms in total. The van der Waals surface area contributed by atoms with Gasteiger partial charge in [-0.2, -0.15) is 0 Å². The largest absolute Gasteiger partial charge is 0.372 e. The molecule has 29 heavy (non-hydrogen) atoms. The Bertz CT molecular complexity index is 992. The summed E-state index contributed by atoms with van der Waals surface area (Å²) in [6.45, 7) is 5.73. The zero-order chi connectivity index (χ0) is 20.4. The van der Waals surface area contributed by atoms with Crippen LogP contribution in [-0.2, 0) is 21.8 Å². The monoisotopic (exact) mass is 472 g/mol. The van der Waals surface area contributed by atoms with Crippen molar-refractivity contribution >= 4 is 44.5 Å². The minimum Gasteiger partial charge on any atom is -0.372 e. The highest BCUT2D eigenvalue weighted by molar-refractivity contribution is 9.10. The first-order valence-electron chi connectivity index (χ1n) is 9.88. The maximum atomic E-state index is 13.0. The van der Waals surface area contributed by atoms with E-state index in [0.717, 1.165) is 15.7 Å². The van der Waals surface area contributed by atoms with Crippen LogP contribution in [0.3, 0.4) is 0 Å². The summed E-state index contributed by atoms with van der Waals surface area (Å²) < 4.78 is 8.95. The average Bonchev–Trinajstić information content (AvgIpc) is 3.04. The molecule has 1 aromatic heterocycles. The molecule has 1 aliphatic rings. The number of carbonyl (C=O) groups excluding carboxylic acids is 1. The summed E-state index contributed by atoms with van der Waals surface area (Å²) in [5, 5.41) is 1.20. The number of amides is 1. The molecule has 0 unspecified atom stereocenters. The molecule has 1 saturated heterocycles. The summed E-state index contributed by atoms with van der Waals surface area (Å²) in [5.41, 5.74) is 2.39. The SMILES string of the molecule is C[C@@H]1CN(C(=O)Cn2cc(SCc3ccc(Br)cc3)c3ccccc32)C[C@@H](C)O1. The van der Waals surface area contributed by atoms with E-state index in [2.05, 4.69) is 69.2 Å². The third-order valence-corrected chi connectivity index (χ3v) is 6.78. The van der Waals surface area contributed by atoms with Gasteiger partial charge in [-0.15, -0.1) is 11.8 Å². The minimum absolute atomic E-state index is 0.0844. The molecule has 152 valence electrons. The van der Waals surface area contributed by atoms with Crippen LogP contribution in [-0.4, -0.2) is 40.7 Å². The van der Waals surface area contributed by atoms with E-state index in [1.165, 1.54) is 15.8 Å². The van der Waals surface area contributed by atoms with Crippen molar-refractivity contribution in [2.75, 3.05) is 13.1 Å². The van der Waals surface area contributed by atoms with E-state index in [9.17, 15) is 4.79 Å². The Morgan fingerprint density at radius 2 is 1.79 bits per heavy atom. The number of fused-ring (bicyclic) bond motifs is 1. The number of para-hydroxylation sites is 1. The van der Waals surface area contributed by atoms with Crippen LogP contribution in [0.1, 0.15) is 19.4 Å². The summed E-state index contributed by atoms with van der Waals surface area (Å²) in [6, 6.07) is 16.7. The van der Waals surface area contributed by atoms with Gasteiger partial charge in [0.15, 0.2) is 0 Å². The molecule has 2 aromatic carbocycles. The van der Waals surface area contributed by atoms with Crippen molar-refractivity contribution in [3.05, 3.63) is 64.8 Å². The van der Waals surface area contributed by atoms with Gasteiger partial charge in [0.2, 0.25) is 5.91 Å². The molecule has 2 atom stereocenters. The van der Waals surface area contributed by atoms with Crippen molar-refractivity contribution in [3.63, 3.8) is 0 Å². The zero-order valence-corrected chi connectivity index (χ0v) is 19.1. The first-order chi connectivity index (χ1) is 14.0. The lowest BCUT2D eigenvalue weighted by atomic mass is 10.2. The third kappa shape index (κ3) is 4.87. The van der Waals surface area contributed by atoms with Crippen LogP contribution in [0, 0.1) is 0 Å². The number of carbonyl (C=O) groups is 1. The van der Waals surface area contributed by atoms with Crippen LogP contribution in [0.2, 0.25) is 0 Å². The number of thioether (sulfide) groups is 1. The minimum atomic E-state index is 0.0844. The lowest BCUT2D eigenvalue weighted by Crippen LogP contribution is -2.49. The Morgan fingerprint density at radius 3 is 2.52 bits per heavy atom. The van der Waals surface area contributed by atoms with E-state index in [0.29, 0.717) is 19.6 Å². The number of aromatic nitrogens is 1. The van der Waals surface area contributed by atoms with E-state index in [4.69, 9.17) is 4.74 Å². The number of hydrogen-bond acceptors (Lipinski definition) is 3. The molecule has 0 spiro atoms. The molecule has 0 aliphatic carbocycles. The molecule has 3 aromatic rings. The van der Waals surface area contributed by atoms with Crippen LogP contribution in [0.4, 0.5) is 0 Å². The summed E-state index contributed by atoms with van der Waals surface area (Å²) in [4.78, 5) is 16.1. The van der Waals surface area contributed by atoms with Crippen molar-refractivity contribution in [3.8, 4) is 0 Å². The van der Waals surface area contributed by atoms with Crippen molar-refractivity contribution < 1.29 is 9.53 Å². The van der Waals surface area contributed by atoms with Crippen LogP contribution in [0.25, 0.3) is 10.9 Å². The Kier molecular flexibility index (Phi) is 6.32. The number of halogens is 1. The van der Waals surface area contributed by atoms with Gasteiger partial charge in [-0.3, -0.25) is 4.79 Å². The van der Waals surface area contributed by atoms with Gasteiger partial charge in [0.25, 0.3) is 0 Å². The molecular weight excluding hydrogens is 448 g/mol. The van der Waals surface area contributed by atoms with Crippen molar-refractivity contribution in [1.82, 2.24) is 9.47 Å². The number of ether oxygens (including phenoxy) is 1. The molecule has 2 heterocycles. The second kappa shape index (κ2) is 8.94. The molecule has 0 saturated carbocycles. The fourth-order valence-corrected chi connectivity index (χ4v) is 5.14. The van der Waals surface area contributed by atoms with E-state index >= 15 is 0 Å². The summed E-state index contributed by atoms with van der Waals surface area (Å²) in [7, 11) is 0. The van der Waals surface area contributed by atoms with E-state index in [-0.39, 0.29) is 18.1 Å². The van der Waals surface area contributed by atoms with Gasteiger partial charge in [0.05, 0.1) is 12.2 Å². The van der Waals surface area contributed by atoms with Gasteiger partial charge in [-0.05, 0) is 37.6 Å². The van der Waals surface area contributed by atoms with Crippen LogP contribution in [0.5, 0.6) is 0 Å². The molecule has 0 bridgehead atoms. The molecule has 1 fully saturated rings. The second-order valence-corrected chi connectivity index (χ2v) is 9.54. The van der Waals surface area contributed by atoms with Gasteiger partial charge in [-0.25, -0.2) is 0 Å². The molecule has 0 N–H and O–H groups in total. The average molecular weight is 473 g/mol. The summed E-state index contributed by atoms with van der Waals surface area (Å²) in [5.74, 6) is 1.05. The number of rotatable bonds is 5. The number of hydrogen-bond donors (Lipinski definition) is 0. The maximum Gasteiger partial charge on any atom is 0.242 e. The smallest absolute Gasteiger partial charge is 0.242 e. The van der Waals surface area contributed by atoms with Gasteiger partial charge in [0, 0.05) is 45.3 Å². The highest BCUT2D eigenvalue weighted by Gasteiger charge is 2.26. The molecule has 4 rings (SSSR count). The lowest BCUT2D eigenvalue weighted by Gasteiger charge is -2.35. The van der Waals surface area contributed by atoms with Gasteiger partial charge in [0.1, 0.15) is 6.54 Å². The highest BCUT2D eigenvalue weighted by atomic mass is 79.9. The normalized spacial score (nSPS) is 19.6. The fraction of sp³-hybridized carbons (Fsp3) is 0.348. The molecular formula is C23H25BrN2O2S. The van der Waals surface area contributed by atoms with Gasteiger partial charge >= 0.3 is 0 Å². The van der Waals surface area contributed by atoms with Crippen molar-refractivity contribution in [2.24, 2.45) is 0 Å². The first kappa shape index (κ1) is 20.5. The fourth-order valence-electron chi connectivity index (χ4n) is 3.83. The summed E-state index contributed by atoms with van der Waals surface area (Å²) >= 11 is 5.30. The van der Waals surface area contributed by atoms with E-state index in [1.807, 2.05) is 36.6 Å². The Labute approximate surface area is 184 Å². The molecule has 0 radical (unpaired) electrons. The number of nitrogens with zero attached hydrogens (tertiary/aromatic N) is 2. The maximum absolute atomic E-state index is 13.0. The van der Waals surface area contributed by atoms with E-state index < -0.39 is 0 Å². The van der Waals surface area contributed by atoms with Crippen LogP contribution in [0.15, 0.2) is 64.1 Å². The number of benzene rings is 2. The van der Waals surface area contributed by atoms with E-state index in [1.54, 1.807) is 0 Å². The molecule has 1 amide bonds. The topological polar surface area (TPSA) is 34.5 Å². The Balaban J connectivity index is 1.52. The Morgan fingerprint density at radius 1 is 1.10 bits per heavy atom. The lowest BCUT2D eigenvalue weighted by molar-refractivity contribution is -0.143. The predicted octanol–water partition coefficient (Wildman–Crippen LogP) is 5.33. The predicted molar refractivity (Wildman–Crippen MR) is 122 cm³/mol. The van der Waals surface area contributed by atoms with Crippen LogP contribution < -0.4 is 0 Å². The molecule has 1 aliphatic heterocycles. The zero-order valence-electron chi connectivity index (χ0n) is 16.7. The highest BCUT2D eigenvalue weighted by Crippen LogP contribution is 2.32. The van der Waals surface area contributed by atoms with Crippen molar-refractivity contribution in [1.29, 1.82) is 0 Å². The first-order valence-corrected chi connectivity index (χ1v) is 11.7. The summed E-state index contributed by atoms with van der Waals surface area (Å²) in [6.07, 6.45) is 2.29. The van der Waals surface area contributed by atoms with Gasteiger partial charge in [-0.1, -0.05) is 46.3 Å².